The fourth-order valence-electron chi connectivity index (χ4n) is 2.43. The van der Waals surface area contributed by atoms with Crippen LogP contribution < -0.4 is 0 Å². The van der Waals surface area contributed by atoms with Crippen molar-refractivity contribution in [3.8, 4) is 0 Å². The standard InChI is InChI=1S/C15H23NO4/c1-6-8-11(17)12-10(16-20-7-2)9-15(3,4)13(12)14(18)19-5/h6-9H2,1-5H3. The molecule has 0 aromatic rings. The smallest absolute Gasteiger partial charge is 0.335 e. The molecule has 0 saturated carbocycles. The Balaban J connectivity index is 3.36. The largest absolute Gasteiger partial charge is 0.466 e. The number of hydrogen-bond donors (Lipinski definition) is 0. The normalized spacial score (nSPS) is 19.4. The molecular weight excluding hydrogens is 258 g/mol. The van der Waals surface area contributed by atoms with E-state index in [2.05, 4.69) is 5.16 Å². The third-order valence-corrected chi connectivity index (χ3v) is 3.27. The molecule has 1 aliphatic rings. The predicted octanol–water partition coefficient (Wildman–Crippen LogP) is 2.65. The van der Waals surface area contributed by atoms with Gasteiger partial charge in [-0.25, -0.2) is 4.79 Å². The summed E-state index contributed by atoms with van der Waals surface area (Å²) in [5.74, 6) is -0.534. The minimum atomic E-state index is -0.470. The molecule has 112 valence electrons. The molecule has 1 aliphatic carbocycles. The summed E-state index contributed by atoms with van der Waals surface area (Å²) in [6.45, 7) is 7.99. The van der Waals surface area contributed by atoms with Crippen LogP contribution in [-0.4, -0.2) is 31.2 Å². The zero-order valence-corrected chi connectivity index (χ0v) is 12.9. The van der Waals surface area contributed by atoms with Crippen molar-refractivity contribution in [1.82, 2.24) is 0 Å². The van der Waals surface area contributed by atoms with E-state index in [0.29, 0.717) is 36.3 Å². The molecule has 5 nitrogen and oxygen atoms in total. The molecule has 5 heteroatoms. The molecule has 0 saturated heterocycles. The molecule has 0 atom stereocenters. The van der Waals surface area contributed by atoms with Crippen molar-refractivity contribution in [2.75, 3.05) is 13.7 Å². The average molecular weight is 281 g/mol. The van der Waals surface area contributed by atoms with Crippen LogP contribution in [0.25, 0.3) is 0 Å². The first kappa shape index (κ1) is 16.4. The number of ketones is 1. The summed E-state index contributed by atoms with van der Waals surface area (Å²) in [5, 5.41) is 4.02. The van der Waals surface area contributed by atoms with Gasteiger partial charge in [0.15, 0.2) is 5.78 Å². The monoisotopic (exact) mass is 281 g/mol. The van der Waals surface area contributed by atoms with Crippen molar-refractivity contribution in [3.05, 3.63) is 11.1 Å². The van der Waals surface area contributed by atoms with Gasteiger partial charge in [0.25, 0.3) is 0 Å². The van der Waals surface area contributed by atoms with E-state index < -0.39 is 11.4 Å². The highest BCUT2D eigenvalue weighted by Gasteiger charge is 2.44. The molecule has 1 rings (SSSR count). The Hall–Kier alpha value is -1.65. The Kier molecular flexibility index (Phi) is 5.48. The van der Waals surface area contributed by atoms with Gasteiger partial charge in [-0.3, -0.25) is 4.79 Å². The molecule has 0 unspecified atom stereocenters. The maximum atomic E-state index is 12.3. The fraction of sp³-hybridized carbons (Fsp3) is 0.667. The third kappa shape index (κ3) is 3.26. The highest BCUT2D eigenvalue weighted by molar-refractivity contribution is 6.28. The molecule has 0 aromatic heterocycles. The Labute approximate surface area is 120 Å². The molecule has 0 N–H and O–H groups in total. The van der Waals surface area contributed by atoms with Crippen molar-refractivity contribution >= 4 is 17.5 Å². The first-order chi connectivity index (χ1) is 9.38. The summed E-state index contributed by atoms with van der Waals surface area (Å²) in [7, 11) is 1.32. The van der Waals surface area contributed by atoms with Gasteiger partial charge in [0.1, 0.15) is 6.61 Å². The first-order valence-corrected chi connectivity index (χ1v) is 6.94. The van der Waals surface area contributed by atoms with Crippen LogP contribution in [0.4, 0.5) is 0 Å². The topological polar surface area (TPSA) is 65.0 Å². The molecule has 0 amide bonds. The second-order valence-electron chi connectivity index (χ2n) is 5.43. The van der Waals surface area contributed by atoms with E-state index in [9.17, 15) is 9.59 Å². The Morgan fingerprint density at radius 3 is 2.45 bits per heavy atom. The molecule has 0 bridgehead atoms. The molecule has 0 aromatic carbocycles. The molecular formula is C15H23NO4. The van der Waals surface area contributed by atoms with Crippen LogP contribution in [0.5, 0.6) is 0 Å². The molecule has 0 aliphatic heterocycles. The molecule has 0 radical (unpaired) electrons. The summed E-state index contributed by atoms with van der Waals surface area (Å²) in [4.78, 5) is 29.5. The van der Waals surface area contributed by atoms with E-state index in [-0.39, 0.29) is 5.78 Å². The number of Topliss-reactive ketones (excluding diaryl/α,β-unsaturated/α-hetero) is 1. The van der Waals surface area contributed by atoms with Gasteiger partial charge in [-0.05, 0) is 13.3 Å². The lowest BCUT2D eigenvalue weighted by atomic mass is 9.85. The highest BCUT2D eigenvalue weighted by Crippen LogP contribution is 2.42. The molecule has 0 heterocycles. The van der Waals surface area contributed by atoms with Crippen LogP contribution in [-0.2, 0) is 19.2 Å². The zero-order chi connectivity index (χ0) is 15.3. The number of allylic oxidation sites excluding steroid dienone is 1. The van der Waals surface area contributed by atoms with Crippen LogP contribution in [0.1, 0.15) is 47.0 Å². The van der Waals surface area contributed by atoms with Crippen molar-refractivity contribution in [2.24, 2.45) is 10.6 Å². The lowest BCUT2D eigenvalue weighted by Crippen LogP contribution is -2.20. The quantitative estimate of drug-likeness (QED) is 0.554. The summed E-state index contributed by atoms with van der Waals surface area (Å²) in [6.07, 6.45) is 1.61. The van der Waals surface area contributed by atoms with Crippen LogP contribution in [0.2, 0.25) is 0 Å². The van der Waals surface area contributed by atoms with E-state index in [0.717, 1.165) is 6.42 Å². The highest BCUT2D eigenvalue weighted by atomic mass is 16.6. The van der Waals surface area contributed by atoms with Crippen molar-refractivity contribution in [2.45, 2.75) is 47.0 Å². The van der Waals surface area contributed by atoms with E-state index in [1.54, 1.807) is 0 Å². The third-order valence-electron chi connectivity index (χ3n) is 3.27. The molecule has 0 spiro atoms. The van der Waals surface area contributed by atoms with Crippen molar-refractivity contribution in [3.63, 3.8) is 0 Å². The van der Waals surface area contributed by atoms with Crippen molar-refractivity contribution < 1.29 is 19.2 Å². The number of oxime groups is 1. The number of rotatable bonds is 6. The summed E-state index contributed by atoms with van der Waals surface area (Å²) >= 11 is 0. The number of nitrogens with zero attached hydrogens (tertiary/aromatic N) is 1. The van der Waals surface area contributed by atoms with Gasteiger partial charge in [-0.1, -0.05) is 25.9 Å². The van der Waals surface area contributed by atoms with E-state index in [4.69, 9.17) is 9.57 Å². The average Bonchev–Trinajstić information content (AvgIpc) is 2.66. The van der Waals surface area contributed by atoms with Gasteiger partial charge >= 0.3 is 5.97 Å². The minimum Gasteiger partial charge on any atom is -0.466 e. The van der Waals surface area contributed by atoms with Gasteiger partial charge < -0.3 is 9.57 Å². The van der Waals surface area contributed by atoms with Crippen LogP contribution in [0.3, 0.4) is 0 Å². The molecule has 20 heavy (non-hydrogen) atoms. The van der Waals surface area contributed by atoms with Gasteiger partial charge in [0, 0.05) is 18.3 Å². The number of carbonyl (C=O) groups excluding carboxylic acids is 2. The van der Waals surface area contributed by atoms with Gasteiger partial charge in [-0.2, -0.15) is 0 Å². The summed E-state index contributed by atoms with van der Waals surface area (Å²) in [5.41, 5.74) is 0.881. The lowest BCUT2D eigenvalue weighted by molar-refractivity contribution is -0.137. The summed E-state index contributed by atoms with van der Waals surface area (Å²) < 4.78 is 4.84. The lowest BCUT2D eigenvalue weighted by Gasteiger charge is -2.19. The Morgan fingerprint density at radius 2 is 1.95 bits per heavy atom. The van der Waals surface area contributed by atoms with Crippen LogP contribution in [0.15, 0.2) is 16.3 Å². The van der Waals surface area contributed by atoms with Gasteiger partial charge in [0.05, 0.1) is 24.0 Å². The fourth-order valence-corrected chi connectivity index (χ4v) is 2.43. The van der Waals surface area contributed by atoms with E-state index in [1.165, 1.54) is 7.11 Å². The number of carbonyl (C=O) groups is 2. The number of esters is 1. The van der Waals surface area contributed by atoms with E-state index >= 15 is 0 Å². The second-order valence-corrected chi connectivity index (χ2v) is 5.43. The first-order valence-electron chi connectivity index (χ1n) is 6.94. The molecule has 0 fully saturated rings. The number of ether oxygens (including phenoxy) is 1. The second kappa shape index (κ2) is 6.68. The summed E-state index contributed by atoms with van der Waals surface area (Å²) in [6, 6.07) is 0. The van der Waals surface area contributed by atoms with Crippen molar-refractivity contribution in [1.29, 1.82) is 0 Å². The van der Waals surface area contributed by atoms with Crippen LogP contribution in [0, 0.1) is 5.41 Å². The maximum Gasteiger partial charge on any atom is 0.335 e. The van der Waals surface area contributed by atoms with Gasteiger partial charge in [-0.15, -0.1) is 0 Å². The minimum absolute atomic E-state index is 0.0723. The van der Waals surface area contributed by atoms with Gasteiger partial charge in [0.2, 0.25) is 0 Å². The number of hydrogen-bond acceptors (Lipinski definition) is 5. The predicted molar refractivity (Wildman–Crippen MR) is 76.4 cm³/mol. The van der Waals surface area contributed by atoms with E-state index in [1.807, 2.05) is 27.7 Å². The Bertz CT molecular complexity index is 460. The maximum absolute atomic E-state index is 12.3. The SMILES string of the molecule is CCCC(=O)C1=C(C(=O)OC)C(C)(C)CC1=NOCC. The van der Waals surface area contributed by atoms with Crippen LogP contribution >= 0.6 is 0 Å². The number of methoxy groups -OCH3 is 1. The zero-order valence-electron chi connectivity index (χ0n) is 12.9. The Morgan fingerprint density at radius 1 is 1.30 bits per heavy atom.